The number of benzene rings is 1. The van der Waals surface area contributed by atoms with Crippen LogP contribution in [0.3, 0.4) is 0 Å². The fourth-order valence-corrected chi connectivity index (χ4v) is 4.88. The molecule has 1 aromatic carbocycles. The number of phenols is 1. The monoisotopic (exact) mass is 357 g/mol. The summed E-state index contributed by atoms with van der Waals surface area (Å²) in [6, 6.07) is 5.56. The number of anilines is 2. The quantitative estimate of drug-likeness (QED) is 0.390. The third-order valence-corrected chi connectivity index (χ3v) is 6.12. The van der Waals surface area contributed by atoms with Crippen LogP contribution in [0.1, 0.15) is 28.8 Å². The fraction of sp³-hybridized carbons (Fsp3) is 0.333. The normalized spacial score (nSPS) is 13.9. The second kappa shape index (κ2) is 6.26. The topological polar surface area (TPSA) is 58.0 Å². The van der Waals surface area contributed by atoms with Gasteiger partial charge in [-0.05, 0) is 62.1 Å². The zero-order valence-electron chi connectivity index (χ0n) is 13.7. The van der Waals surface area contributed by atoms with Crippen molar-refractivity contribution in [1.29, 1.82) is 0 Å². The van der Waals surface area contributed by atoms with Gasteiger partial charge in [0, 0.05) is 4.88 Å². The molecule has 124 valence electrons. The highest BCUT2D eigenvalue weighted by atomic mass is 32.2. The number of aryl methyl sites for hydroxylation is 3. The van der Waals surface area contributed by atoms with Gasteiger partial charge in [-0.1, -0.05) is 17.8 Å². The van der Waals surface area contributed by atoms with Crippen molar-refractivity contribution in [1.82, 2.24) is 9.97 Å². The Labute approximate surface area is 149 Å². The van der Waals surface area contributed by atoms with Gasteiger partial charge in [-0.25, -0.2) is 9.97 Å². The van der Waals surface area contributed by atoms with Crippen molar-refractivity contribution in [2.75, 3.05) is 11.6 Å². The van der Waals surface area contributed by atoms with Crippen molar-refractivity contribution in [2.45, 2.75) is 37.8 Å². The molecule has 0 radical (unpaired) electrons. The van der Waals surface area contributed by atoms with Crippen molar-refractivity contribution in [3.05, 3.63) is 34.2 Å². The first-order valence-electron chi connectivity index (χ1n) is 8.08. The Morgan fingerprint density at radius 1 is 1.21 bits per heavy atom. The van der Waals surface area contributed by atoms with Gasteiger partial charge in [-0.2, -0.15) is 0 Å². The van der Waals surface area contributed by atoms with E-state index in [9.17, 15) is 5.11 Å². The fourth-order valence-electron chi connectivity index (χ4n) is 3.20. The summed E-state index contributed by atoms with van der Waals surface area (Å²) >= 11 is 3.34. The largest absolute Gasteiger partial charge is 0.506 e. The predicted octanol–water partition coefficient (Wildman–Crippen LogP) is 5.05. The van der Waals surface area contributed by atoms with Crippen LogP contribution in [0.4, 0.5) is 11.5 Å². The van der Waals surface area contributed by atoms with Crippen LogP contribution in [-0.2, 0) is 12.8 Å². The number of fused-ring (bicyclic) bond motifs is 3. The van der Waals surface area contributed by atoms with E-state index in [-0.39, 0.29) is 5.75 Å². The Morgan fingerprint density at radius 3 is 2.88 bits per heavy atom. The minimum absolute atomic E-state index is 0.238. The van der Waals surface area contributed by atoms with Gasteiger partial charge in [-0.15, -0.1) is 11.3 Å². The van der Waals surface area contributed by atoms with E-state index in [4.69, 9.17) is 9.97 Å². The van der Waals surface area contributed by atoms with Gasteiger partial charge in [0.05, 0.1) is 11.1 Å². The van der Waals surface area contributed by atoms with Crippen LogP contribution < -0.4 is 5.32 Å². The van der Waals surface area contributed by atoms with Crippen molar-refractivity contribution in [2.24, 2.45) is 0 Å². The summed E-state index contributed by atoms with van der Waals surface area (Å²) in [6.07, 6.45) is 6.69. The average Bonchev–Trinajstić information content (AvgIpc) is 2.96. The minimum atomic E-state index is 0.238. The molecule has 6 heteroatoms. The number of thiophene rings is 1. The molecule has 0 amide bonds. The van der Waals surface area contributed by atoms with Crippen molar-refractivity contribution in [3.63, 3.8) is 0 Å². The number of hydrogen-bond acceptors (Lipinski definition) is 6. The SMILES string of the molecule is CSc1nc(Nc2cc(C)ccc2O)c2c3c(sc2n1)CCCC3. The minimum Gasteiger partial charge on any atom is -0.506 e. The third-order valence-electron chi connectivity index (χ3n) is 4.38. The number of rotatable bonds is 3. The lowest BCUT2D eigenvalue weighted by Crippen LogP contribution is -2.02. The molecule has 2 N–H and O–H groups in total. The maximum atomic E-state index is 10.2. The first kappa shape index (κ1) is 15.7. The van der Waals surface area contributed by atoms with Gasteiger partial charge >= 0.3 is 0 Å². The standard InChI is InChI=1S/C18H19N3OS2/c1-10-7-8-13(22)12(9-10)19-16-15-11-5-3-4-6-14(11)24-17(15)21-18(20-16)23-2/h7-9,22H,3-6H2,1-2H3,(H,19,20,21). The third kappa shape index (κ3) is 2.74. The number of hydrogen-bond donors (Lipinski definition) is 2. The second-order valence-corrected chi connectivity index (χ2v) is 7.95. The summed E-state index contributed by atoms with van der Waals surface area (Å²) in [7, 11) is 0. The van der Waals surface area contributed by atoms with Crippen molar-refractivity contribution < 1.29 is 5.11 Å². The highest BCUT2D eigenvalue weighted by Gasteiger charge is 2.21. The van der Waals surface area contributed by atoms with E-state index in [1.807, 2.05) is 25.3 Å². The van der Waals surface area contributed by atoms with E-state index in [0.717, 1.165) is 39.6 Å². The van der Waals surface area contributed by atoms with E-state index in [1.165, 1.54) is 23.3 Å². The summed E-state index contributed by atoms with van der Waals surface area (Å²) in [5.74, 6) is 1.05. The summed E-state index contributed by atoms with van der Waals surface area (Å²) in [5.41, 5.74) is 3.18. The van der Waals surface area contributed by atoms with Gasteiger partial charge in [0.1, 0.15) is 16.4 Å². The van der Waals surface area contributed by atoms with Crippen LogP contribution in [-0.4, -0.2) is 21.3 Å². The Bertz CT molecular complexity index is 920. The smallest absolute Gasteiger partial charge is 0.190 e. The molecule has 4 rings (SSSR count). The van der Waals surface area contributed by atoms with Gasteiger partial charge in [0.25, 0.3) is 0 Å². The van der Waals surface area contributed by atoms with E-state index in [2.05, 4.69) is 5.32 Å². The zero-order valence-corrected chi connectivity index (χ0v) is 15.4. The molecule has 2 aromatic heterocycles. The predicted molar refractivity (Wildman–Crippen MR) is 102 cm³/mol. The molecule has 0 atom stereocenters. The molecule has 1 aliphatic carbocycles. The lowest BCUT2D eigenvalue weighted by molar-refractivity contribution is 0.477. The van der Waals surface area contributed by atoms with E-state index in [0.29, 0.717) is 5.69 Å². The number of aromatic hydroxyl groups is 1. The first-order chi connectivity index (χ1) is 11.7. The van der Waals surface area contributed by atoms with E-state index < -0.39 is 0 Å². The van der Waals surface area contributed by atoms with Crippen LogP contribution in [0, 0.1) is 6.92 Å². The molecular weight excluding hydrogens is 338 g/mol. The molecule has 0 saturated carbocycles. The summed E-state index contributed by atoms with van der Waals surface area (Å²) < 4.78 is 0. The second-order valence-electron chi connectivity index (χ2n) is 6.10. The Hall–Kier alpha value is -1.79. The molecule has 0 unspecified atom stereocenters. The average molecular weight is 358 g/mol. The molecule has 3 aromatic rings. The van der Waals surface area contributed by atoms with Gasteiger partial charge in [0.15, 0.2) is 5.16 Å². The Morgan fingerprint density at radius 2 is 2.04 bits per heavy atom. The van der Waals surface area contributed by atoms with Crippen LogP contribution in [0.5, 0.6) is 5.75 Å². The molecule has 0 bridgehead atoms. The molecule has 24 heavy (non-hydrogen) atoms. The van der Waals surface area contributed by atoms with E-state index in [1.54, 1.807) is 29.2 Å². The highest BCUT2D eigenvalue weighted by Crippen LogP contribution is 2.40. The number of aromatic nitrogens is 2. The summed E-state index contributed by atoms with van der Waals surface area (Å²) in [4.78, 5) is 11.9. The van der Waals surface area contributed by atoms with Crippen LogP contribution >= 0.6 is 23.1 Å². The lowest BCUT2D eigenvalue weighted by atomic mass is 9.97. The van der Waals surface area contributed by atoms with Gasteiger partial charge in [0.2, 0.25) is 0 Å². The number of nitrogens with one attached hydrogen (secondary N) is 1. The van der Waals surface area contributed by atoms with Gasteiger partial charge in [-0.3, -0.25) is 0 Å². The maximum Gasteiger partial charge on any atom is 0.190 e. The molecule has 0 fully saturated rings. The lowest BCUT2D eigenvalue weighted by Gasteiger charge is -2.14. The highest BCUT2D eigenvalue weighted by molar-refractivity contribution is 7.98. The van der Waals surface area contributed by atoms with Gasteiger partial charge < -0.3 is 10.4 Å². The summed E-state index contributed by atoms with van der Waals surface area (Å²) in [5, 5.41) is 15.4. The van der Waals surface area contributed by atoms with Crippen LogP contribution in [0.25, 0.3) is 10.2 Å². The molecule has 0 saturated heterocycles. The number of nitrogens with zero attached hydrogens (tertiary/aromatic N) is 2. The molecule has 1 aliphatic rings. The molecule has 4 nitrogen and oxygen atoms in total. The van der Waals surface area contributed by atoms with Crippen LogP contribution in [0.15, 0.2) is 23.4 Å². The van der Waals surface area contributed by atoms with Crippen molar-refractivity contribution >= 4 is 44.8 Å². The maximum absolute atomic E-state index is 10.2. The molecule has 0 aliphatic heterocycles. The summed E-state index contributed by atoms with van der Waals surface area (Å²) in [6.45, 7) is 2.01. The zero-order chi connectivity index (χ0) is 16.7. The number of phenolic OH excluding ortho intramolecular Hbond substituents is 1. The first-order valence-corrected chi connectivity index (χ1v) is 10.1. The molecule has 0 spiro atoms. The number of thioether (sulfide) groups is 1. The Balaban J connectivity index is 1.89. The molecular formula is C18H19N3OS2. The van der Waals surface area contributed by atoms with Crippen LogP contribution in [0.2, 0.25) is 0 Å². The van der Waals surface area contributed by atoms with E-state index >= 15 is 0 Å². The molecule has 2 heterocycles. The Kier molecular flexibility index (Phi) is 4.10. The van der Waals surface area contributed by atoms with Crippen molar-refractivity contribution in [3.8, 4) is 5.75 Å².